The smallest absolute Gasteiger partial charge is 0.162 e. The van der Waals surface area contributed by atoms with Crippen LogP contribution in [0.1, 0.15) is 97.2 Å². The minimum absolute atomic E-state index is 0. The van der Waals surface area contributed by atoms with E-state index in [2.05, 4.69) is 89.8 Å². The molecule has 0 amide bonds. The summed E-state index contributed by atoms with van der Waals surface area (Å²) in [4.78, 5) is 15.3. The van der Waals surface area contributed by atoms with Gasteiger partial charge >= 0.3 is 0 Å². The van der Waals surface area contributed by atoms with Crippen LogP contribution in [0.15, 0.2) is 90.5 Å². The number of piperidine rings is 1. The Hall–Kier alpha value is -2.68. The van der Waals surface area contributed by atoms with Crippen LogP contribution < -0.4 is 0 Å². The van der Waals surface area contributed by atoms with E-state index in [1.54, 1.807) is 5.57 Å². The molecule has 0 atom stereocenters. The number of carbonyl (C=O) groups is 1. The van der Waals surface area contributed by atoms with Crippen LogP contribution in [0.25, 0.3) is 5.57 Å². The summed E-state index contributed by atoms with van der Waals surface area (Å²) < 4.78 is 0. The number of rotatable bonds is 10. The van der Waals surface area contributed by atoms with Crippen molar-refractivity contribution in [1.29, 1.82) is 0 Å². The van der Waals surface area contributed by atoms with E-state index in [9.17, 15) is 4.79 Å². The Kier molecular flexibility index (Phi) is 10.8. The molecule has 1 saturated carbocycles. The topological polar surface area (TPSA) is 20.3 Å². The zero-order valence-corrected chi connectivity index (χ0v) is 23.4. The van der Waals surface area contributed by atoms with Crippen molar-refractivity contribution in [3.63, 3.8) is 0 Å². The van der Waals surface area contributed by atoms with E-state index in [-0.39, 0.29) is 12.4 Å². The largest absolute Gasteiger partial charge is 0.303 e. The molecule has 0 aromatic heterocycles. The summed E-state index contributed by atoms with van der Waals surface area (Å²) in [6, 6.07) is 30.3. The lowest BCUT2D eigenvalue weighted by molar-refractivity contribution is 0.0978. The zero-order valence-electron chi connectivity index (χ0n) is 22.6. The lowest BCUT2D eigenvalue weighted by Crippen LogP contribution is -2.32. The number of benzene rings is 3. The summed E-state index contributed by atoms with van der Waals surface area (Å²) in [5, 5.41) is 0. The van der Waals surface area contributed by atoms with Crippen LogP contribution in [0, 0.1) is 0 Å². The maximum absolute atomic E-state index is 12.7. The number of halogens is 1. The van der Waals surface area contributed by atoms with Gasteiger partial charge in [0, 0.05) is 25.1 Å². The first kappa shape index (κ1) is 28.3. The third kappa shape index (κ3) is 7.46. The number of ketones is 1. The summed E-state index contributed by atoms with van der Waals surface area (Å²) in [6.07, 6.45) is 11.6. The van der Waals surface area contributed by atoms with Crippen molar-refractivity contribution in [1.82, 2.24) is 4.90 Å². The highest BCUT2D eigenvalue weighted by Gasteiger charge is 2.19. The zero-order chi connectivity index (χ0) is 25.3. The molecule has 5 rings (SSSR count). The average Bonchev–Trinajstić information content (AvgIpc) is 3.50. The number of Topliss-reactive ketones (excluding diaryl/α,β-unsaturated/α-hetero) is 1. The van der Waals surface area contributed by atoms with Crippen LogP contribution in [0.4, 0.5) is 0 Å². The van der Waals surface area contributed by atoms with Crippen LogP contribution in [0.2, 0.25) is 0 Å². The summed E-state index contributed by atoms with van der Waals surface area (Å²) >= 11 is 0. The van der Waals surface area contributed by atoms with Crippen molar-refractivity contribution in [3.8, 4) is 0 Å². The number of likely N-dealkylation sites (tertiary alicyclic amines) is 1. The third-order valence-electron chi connectivity index (χ3n) is 8.38. The number of nitrogens with zero attached hydrogens (tertiary/aromatic N) is 1. The molecule has 0 spiro atoms. The highest BCUT2D eigenvalue weighted by Crippen LogP contribution is 2.34. The van der Waals surface area contributed by atoms with E-state index in [0.29, 0.717) is 18.1 Å². The molecule has 3 aromatic carbocycles. The molecule has 2 nitrogen and oxygen atoms in total. The molecule has 0 bridgehead atoms. The molecule has 0 unspecified atom stereocenters. The fraction of sp³-hybridized carbons (Fsp3) is 0.400. The Morgan fingerprint density at radius 1 is 0.684 bits per heavy atom. The summed E-state index contributed by atoms with van der Waals surface area (Å²) in [5.74, 6) is 1.02. The minimum Gasteiger partial charge on any atom is -0.303 e. The third-order valence-corrected chi connectivity index (χ3v) is 8.38. The quantitative estimate of drug-likeness (QED) is 0.193. The molecule has 0 radical (unpaired) electrons. The summed E-state index contributed by atoms with van der Waals surface area (Å²) in [6.45, 7) is 3.40. The SMILES string of the molecule is Cl.O=C(CCCCCN1CCC(=C(c2ccccc2)c2ccccc2)CC1)c1ccc(C2CCCC2)cc1. The molecule has 38 heavy (non-hydrogen) atoms. The van der Waals surface area contributed by atoms with E-state index < -0.39 is 0 Å². The van der Waals surface area contributed by atoms with Gasteiger partial charge in [-0.05, 0) is 73.3 Å². The second-order valence-corrected chi connectivity index (χ2v) is 10.9. The van der Waals surface area contributed by atoms with Crippen LogP contribution in [-0.2, 0) is 0 Å². The first-order valence-corrected chi connectivity index (χ1v) is 14.5. The fourth-order valence-corrected chi connectivity index (χ4v) is 6.22. The Labute approximate surface area is 235 Å². The van der Waals surface area contributed by atoms with Gasteiger partial charge in [0.1, 0.15) is 0 Å². The van der Waals surface area contributed by atoms with Crippen LogP contribution in [-0.4, -0.2) is 30.3 Å². The Balaban J connectivity index is 0.00000336. The Bertz CT molecular complexity index is 1110. The molecule has 3 aromatic rings. The highest BCUT2D eigenvalue weighted by atomic mass is 35.5. The van der Waals surface area contributed by atoms with Crippen molar-refractivity contribution in [3.05, 3.63) is 113 Å². The van der Waals surface area contributed by atoms with E-state index in [1.807, 2.05) is 0 Å². The molecular formula is C35H42ClNO. The van der Waals surface area contributed by atoms with Crippen molar-refractivity contribution in [2.45, 2.75) is 70.1 Å². The Morgan fingerprint density at radius 2 is 1.26 bits per heavy atom. The predicted octanol–water partition coefficient (Wildman–Crippen LogP) is 9.11. The Morgan fingerprint density at radius 3 is 1.84 bits per heavy atom. The molecular weight excluding hydrogens is 486 g/mol. The predicted molar refractivity (Wildman–Crippen MR) is 162 cm³/mol. The van der Waals surface area contributed by atoms with Crippen molar-refractivity contribution in [2.75, 3.05) is 19.6 Å². The lowest BCUT2D eigenvalue weighted by atomic mass is 9.88. The minimum atomic E-state index is 0. The van der Waals surface area contributed by atoms with Crippen LogP contribution >= 0.6 is 12.4 Å². The number of hydrogen-bond donors (Lipinski definition) is 0. The summed E-state index contributed by atoms with van der Waals surface area (Å²) in [7, 11) is 0. The first-order chi connectivity index (χ1) is 18.3. The van der Waals surface area contributed by atoms with Gasteiger partial charge in [0.2, 0.25) is 0 Å². The van der Waals surface area contributed by atoms with Gasteiger partial charge in [-0.2, -0.15) is 0 Å². The molecule has 1 aliphatic heterocycles. The average molecular weight is 528 g/mol. The molecule has 1 heterocycles. The number of hydrogen-bond acceptors (Lipinski definition) is 2. The van der Waals surface area contributed by atoms with Gasteiger partial charge in [-0.15, -0.1) is 12.4 Å². The van der Waals surface area contributed by atoms with Gasteiger partial charge in [0.25, 0.3) is 0 Å². The normalized spacial score (nSPS) is 16.3. The van der Waals surface area contributed by atoms with Gasteiger partial charge in [-0.3, -0.25) is 4.79 Å². The fourth-order valence-electron chi connectivity index (χ4n) is 6.22. The number of unbranched alkanes of at least 4 members (excludes halogenated alkanes) is 2. The highest BCUT2D eigenvalue weighted by molar-refractivity contribution is 5.96. The molecule has 3 heteroatoms. The molecule has 2 fully saturated rings. The van der Waals surface area contributed by atoms with Gasteiger partial charge < -0.3 is 4.90 Å². The van der Waals surface area contributed by atoms with Gasteiger partial charge in [-0.1, -0.05) is 110 Å². The van der Waals surface area contributed by atoms with Gasteiger partial charge in [0.15, 0.2) is 5.78 Å². The van der Waals surface area contributed by atoms with Crippen molar-refractivity contribution >= 4 is 23.8 Å². The molecule has 200 valence electrons. The second-order valence-electron chi connectivity index (χ2n) is 10.9. The van der Waals surface area contributed by atoms with Crippen molar-refractivity contribution < 1.29 is 4.79 Å². The summed E-state index contributed by atoms with van der Waals surface area (Å²) in [5.41, 5.74) is 7.98. The van der Waals surface area contributed by atoms with E-state index in [1.165, 1.54) is 54.4 Å². The monoisotopic (exact) mass is 527 g/mol. The van der Waals surface area contributed by atoms with Crippen LogP contribution in [0.5, 0.6) is 0 Å². The van der Waals surface area contributed by atoms with E-state index in [4.69, 9.17) is 0 Å². The van der Waals surface area contributed by atoms with Crippen molar-refractivity contribution in [2.24, 2.45) is 0 Å². The first-order valence-electron chi connectivity index (χ1n) is 14.5. The van der Waals surface area contributed by atoms with Gasteiger partial charge in [0.05, 0.1) is 0 Å². The molecule has 0 N–H and O–H groups in total. The molecule has 1 aliphatic carbocycles. The second kappa shape index (κ2) is 14.5. The van der Waals surface area contributed by atoms with Gasteiger partial charge in [-0.25, -0.2) is 0 Å². The van der Waals surface area contributed by atoms with E-state index >= 15 is 0 Å². The maximum Gasteiger partial charge on any atom is 0.162 e. The number of carbonyl (C=O) groups excluding carboxylic acids is 1. The molecule has 1 saturated heterocycles. The standard InChI is InChI=1S/C35H41NO.ClH/c37-34(30-21-19-29(20-22-30)28-12-9-10-13-28)18-8-3-11-25-36-26-23-33(24-27-36)35(31-14-4-1-5-15-31)32-16-6-2-7-17-32;/h1-2,4-7,14-17,19-22,28H,3,8-13,18,23-27H2;1H. The lowest BCUT2D eigenvalue weighted by Gasteiger charge is -2.30. The van der Waals surface area contributed by atoms with E-state index in [0.717, 1.165) is 50.9 Å². The molecule has 2 aliphatic rings. The maximum atomic E-state index is 12.7. The van der Waals surface area contributed by atoms with Crippen LogP contribution in [0.3, 0.4) is 0 Å².